The predicted molar refractivity (Wildman–Crippen MR) is 81.5 cm³/mol. The fourth-order valence-corrected chi connectivity index (χ4v) is 3.23. The zero-order chi connectivity index (χ0) is 13.8. The van der Waals surface area contributed by atoms with Crippen LogP contribution in [0.25, 0.3) is 0 Å². The molecule has 1 aliphatic carbocycles. The van der Waals surface area contributed by atoms with Crippen molar-refractivity contribution in [3.05, 3.63) is 42.2 Å². The van der Waals surface area contributed by atoms with Gasteiger partial charge in [0, 0.05) is 38.4 Å². The monoisotopic (exact) mass is 274 g/mol. The van der Waals surface area contributed by atoms with Gasteiger partial charge in [-0.25, -0.2) is 4.39 Å². The third-order valence-corrected chi connectivity index (χ3v) is 4.46. The van der Waals surface area contributed by atoms with E-state index in [1.165, 1.54) is 25.8 Å². The van der Waals surface area contributed by atoms with Gasteiger partial charge >= 0.3 is 0 Å². The normalized spacial score (nSPS) is 24.1. The van der Waals surface area contributed by atoms with E-state index in [0.29, 0.717) is 0 Å². The number of benzene rings is 1. The van der Waals surface area contributed by atoms with Crippen LogP contribution in [0, 0.1) is 11.7 Å². The summed E-state index contributed by atoms with van der Waals surface area (Å²) in [7, 11) is 0. The molecule has 2 nitrogen and oxygen atoms in total. The van der Waals surface area contributed by atoms with E-state index in [1.54, 1.807) is 12.1 Å². The summed E-state index contributed by atoms with van der Waals surface area (Å²) in [4.78, 5) is 4.95. The molecule has 0 spiro atoms. The second-order valence-corrected chi connectivity index (χ2v) is 5.91. The molecule has 1 fully saturated rings. The van der Waals surface area contributed by atoms with E-state index in [4.69, 9.17) is 0 Å². The first-order chi connectivity index (χ1) is 9.81. The number of hydrogen-bond donors (Lipinski definition) is 0. The average molecular weight is 274 g/mol. The van der Waals surface area contributed by atoms with Gasteiger partial charge in [-0.15, -0.1) is 0 Å². The van der Waals surface area contributed by atoms with Crippen LogP contribution in [0.4, 0.5) is 10.1 Å². The van der Waals surface area contributed by atoms with Crippen LogP contribution in [0.3, 0.4) is 0 Å². The highest BCUT2D eigenvalue weighted by molar-refractivity contribution is 5.46. The lowest BCUT2D eigenvalue weighted by Crippen LogP contribution is -2.47. The van der Waals surface area contributed by atoms with Crippen LogP contribution >= 0.6 is 0 Å². The van der Waals surface area contributed by atoms with Crippen molar-refractivity contribution < 1.29 is 4.39 Å². The fraction of sp³-hybridized carbons (Fsp3) is 0.529. The van der Waals surface area contributed by atoms with Crippen molar-refractivity contribution in [2.75, 3.05) is 37.6 Å². The van der Waals surface area contributed by atoms with E-state index < -0.39 is 0 Å². The minimum atomic E-state index is -0.155. The lowest BCUT2D eigenvalue weighted by Gasteiger charge is -2.37. The molecule has 0 radical (unpaired) electrons. The second-order valence-electron chi connectivity index (χ2n) is 5.91. The van der Waals surface area contributed by atoms with Gasteiger partial charge in [-0.05, 0) is 49.4 Å². The van der Waals surface area contributed by atoms with Gasteiger partial charge in [0.1, 0.15) is 5.82 Å². The smallest absolute Gasteiger partial charge is 0.123 e. The molecule has 3 rings (SSSR count). The van der Waals surface area contributed by atoms with Gasteiger partial charge in [-0.2, -0.15) is 0 Å². The van der Waals surface area contributed by atoms with Crippen molar-refractivity contribution in [1.29, 1.82) is 0 Å². The van der Waals surface area contributed by atoms with Crippen LogP contribution in [-0.4, -0.2) is 37.6 Å². The Kier molecular flexibility index (Phi) is 4.36. The lowest BCUT2D eigenvalue weighted by atomic mass is 9.94. The molecule has 0 unspecified atom stereocenters. The van der Waals surface area contributed by atoms with Crippen LogP contribution in [0.5, 0.6) is 0 Å². The maximum atomic E-state index is 12.9. The Balaban J connectivity index is 1.49. The Morgan fingerprint density at radius 1 is 1.00 bits per heavy atom. The molecule has 3 heteroatoms. The van der Waals surface area contributed by atoms with E-state index in [-0.39, 0.29) is 5.82 Å². The summed E-state index contributed by atoms with van der Waals surface area (Å²) < 4.78 is 12.9. The molecule has 0 aromatic heterocycles. The van der Waals surface area contributed by atoms with Gasteiger partial charge in [0.05, 0.1) is 0 Å². The SMILES string of the molecule is Fc1ccc(N2CCN(C[C@H]3CC=CCC3)CC2)cc1. The number of allylic oxidation sites excluding steroid dienone is 2. The molecule has 1 atom stereocenters. The van der Waals surface area contributed by atoms with Crippen LogP contribution in [0.15, 0.2) is 36.4 Å². The molecule has 0 amide bonds. The Morgan fingerprint density at radius 3 is 2.40 bits per heavy atom. The topological polar surface area (TPSA) is 6.48 Å². The molecule has 20 heavy (non-hydrogen) atoms. The number of nitrogens with zero attached hydrogens (tertiary/aromatic N) is 2. The highest BCUT2D eigenvalue weighted by atomic mass is 19.1. The fourth-order valence-electron chi connectivity index (χ4n) is 3.23. The molecule has 0 saturated carbocycles. The van der Waals surface area contributed by atoms with Gasteiger partial charge in [-0.3, -0.25) is 4.90 Å². The molecule has 0 N–H and O–H groups in total. The quantitative estimate of drug-likeness (QED) is 0.780. The van der Waals surface area contributed by atoms with Gasteiger partial charge < -0.3 is 4.90 Å². The summed E-state index contributed by atoms with van der Waals surface area (Å²) >= 11 is 0. The molecule has 108 valence electrons. The van der Waals surface area contributed by atoms with Crippen molar-refractivity contribution in [2.45, 2.75) is 19.3 Å². The summed E-state index contributed by atoms with van der Waals surface area (Å²) in [5, 5.41) is 0. The standard InChI is InChI=1S/C17H23FN2/c18-16-6-8-17(9-7-16)20-12-10-19(11-13-20)14-15-4-2-1-3-5-15/h1-2,6-9,15H,3-5,10-14H2/t15-/m0/s1. The summed E-state index contributed by atoms with van der Waals surface area (Å²) in [5.74, 6) is 0.690. The van der Waals surface area contributed by atoms with Crippen LogP contribution in [0.1, 0.15) is 19.3 Å². The summed E-state index contributed by atoms with van der Waals surface area (Å²) in [5.41, 5.74) is 1.15. The summed E-state index contributed by atoms with van der Waals surface area (Å²) in [6.07, 6.45) is 8.49. The van der Waals surface area contributed by atoms with E-state index >= 15 is 0 Å². The number of hydrogen-bond acceptors (Lipinski definition) is 2. The van der Waals surface area contributed by atoms with E-state index in [1.807, 2.05) is 12.1 Å². The van der Waals surface area contributed by atoms with Crippen LogP contribution < -0.4 is 4.90 Å². The number of anilines is 1. The molecule has 1 aliphatic heterocycles. The van der Waals surface area contributed by atoms with Crippen LogP contribution in [0.2, 0.25) is 0 Å². The lowest BCUT2D eigenvalue weighted by molar-refractivity contribution is 0.211. The minimum absolute atomic E-state index is 0.155. The third kappa shape index (κ3) is 3.40. The first kappa shape index (κ1) is 13.6. The molecule has 1 aromatic carbocycles. The zero-order valence-electron chi connectivity index (χ0n) is 12.0. The Hall–Kier alpha value is -1.35. The van der Waals surface area contributed by atoms with Gasteiger partial charge in [0.25, 0.3) is 0 Å². The Labute approximate surface area is 120 Å². The number of rotatable bonds is 3. The number of halogens is 1. The third-order valence-electron chi connectivity index (χ3n) is 4.46. The van der Waals surface area contributed by atoms with Gasteiger partial charge in [0.15, 0.2) is 0 Å². The van der Waals surface area contributed by atoms with E-state index in [9.17, 15) is 4.39 Å². The first-order valence-corrected chi connectivity index (χ1v) is 7.69. The van der Waals surface area contributed by atoms with E-state index in [2.05, 4.69) is 22.0 Å². The highest BCUT2D eigenvalue weighted by Gasteiger charge is 2.20. The second kappa shape index (κ2) is 6.40. The number of piperazine rings is 1. The van der Waals surface area contributed by atoms with Crippen LogP contribution in [-0.2, 0) is 0 Å². The molecule has 0 bridgehead atoms. The van der Waals surface area contributed by atoms with Crippen molar-refractivity contribution in [1.82, 2.24) is 4.90 Å². The van der Waals surface area contributed by atoms with Gasteiger partial charge in [0.2, 0.25) is 0 Å². The maximum Gasteiger partial charge on any atom is 0.123 e. The Morgan fingerprint density at radius 2 is 1.75 bits per heavy atom. The summed E-state index contributed by atoms with van der Waals surface area (Å²) in [6.45, 7) is 5.58. The molecule has 2 aliphatic rings. The largest absolute Gasteiger partial charge is 0.369 e. The molecular weight excluding hydrogens is 251 g/mol. The summed E-state index contributed by atoms with van der Waals surface area (Å²) in [6, 6.07) is 6.87. The first-order valence-electron chi connectivity index (χ1n) is 7.69. The minimum Gasteiger partial charge on any atom is -0.369 e. The molecular formula is C17H23FN2. The molecule has 1 heterocycles. The van der Waals surface area contributed by atoms with Gasteiger partial charge in [-0.1, -0.05) is 12.2 Å². The van der Waals surface area contributed by atoms with Crippen molar-refractivity contribution >= 4 is 5.69 Å². The maximum absolute atomic E-state index is 12.9. The predicted octanol–water partition coefficient (Wildman–Crippen LogP) is 3.30. The molecule has 1 aromatic rings. The van der Waals surface area contributed by atoms with Crippen molar-refractivity contribution in [2.24, 2.45) is 5.92 Å². The van der Waals surface area contributed by atoms with Crippen molar-refractivity contribution in [3.8, 4) is 0 Å². The highest BCUT2D eigenvalue weighted by Crippen LogP contribution is 2.21. The average Bonchev–Trinajstić information content (AvgIpc) is 2.50. The Bertz CT molecular complexity index is 447. The zero-order valence-corrected chi connectivity index (χ0v) is 12.0. The van der Waals surface area contributed by atoms with E-state index in [0.717, 1.165) is 37.8 Å². The van der Waals surface area contributed by atoms with Crippen molar-refractivity contribution in [3.63, 3.8) is 0 Å². The molecule has 1 saturated heterocycles.